The molecule has 26 heavy (non-hydrogen) atoms. The van der Waals surface area contributed by atoms with E-state index in [-0.39, 0.29) is 7.14 Å². The van der Waals surface area contributed by atoms with E-state index in [1.165, 1.54) is 57.3 Å². The first kappa shape index (κ1) is 24.7. The first-order chi connectivity index (χ1) is 11.3. The smallest absolute Gasteiger partial charge is 0.450 e. The molecule has 1 rings (SSSR count). The van der Waals surface area contributed by atoms with Gasteiger partial charge in [-0.25, -0.2) is 8.42 Å². The fourth-order valence-corrected chi connectivity index (χ4v) is 6.81. The van der Waals surface area contributed by atoms with Crippen molar-refractivity contribution in [1.82, 2.24) is 0 Å². The predicted octanol–water partition coefficient (Wildman–Crippen LogP) is 3.58. The summed E-state index contributed by atoms with van der Waals surface area (Å²) in [6.45, 7) is 0. The lowest BCUT2D eigenvalue weighted by Gasteiger charge is -2.32. The summed E-state index contributed by atoms with van der Waals surface area (Å²) in [7, 11) is -14.2. The molecule has 0 saturated heterocycles. The van der Waals surface area contributed by atoms with Gasteiger partial charge in [-0.15, -0.1) is 0 Å². The summed E-state index contributed by atoms with van der Waals surface area (Å²) < 4.78 is 138. The van der Waals surface area contributed by atoms with Crippen LogP contribution in [-0.4, -0.2) is 37.8 Å². The van der Waals surface area contributed by atoms with E-state index in [1.54, 1.807) is 22.6 Å². The third-order valence-electron chi connectivity index (χ3n) is 2.52. The van der Waals surface area contributed by atoms with Gasteiger partial charge in [-0.3, -0.25) is 0 Å². The van der Waals surface area contributed by atoms with E-state index in [4.69, 9.17) is 0 Å². The first-order valence-electron chi connectivity index (χ1n) is 5.47. The molecule has 17 heteroatoms. The molecule has 1 aromatic carbocycles. The Labute approximate surface area is 183 Å². The van der Waals surface area contributed by atoms with Crippen LogP contribution >= 0.6 is 67.8 Å². The highest BCUT2D eigenvalue weighted by atomic mass is 127. The number of hydrogen-bond acceptors (Lipinski definition) is 6. The summed E-state index contributed by atoms with van der Waals surface area (Å²) >= 11 is 4.56. The Bertz CT molecular complexity index is 910. The summed E-state index contributed by atoms with van der Waals surface area (Å²) in [6.07, 6.45) is 0. The second-order valence-corrected chi connectivity index (χ2v) is 10.9. The van der Waals surface area contributed by atoms with Gasteiger partial charge in [0.2, 0.25) is 0 Å². The molecule has 1 aromatic rings. The lowest BCUT2D eigenvalue weighted by Crippen LogP contribution is -2.61. The van der Waals surface area contributed by atoms with Gasteiger partial charge in [-0.05, 0) is 79.9 Å². The molecule has 0 bridgehead atoms. The van der Waals surface area contributed by atoms with Crippen molar-refractivity contribution < 1.29 is 51.9 Å². The van der Waals surface area contributed by atoms with E-state index in [9.17, 15) is 47.7 Å². The van der Waals surface area contributed by atoms with Gasteiger partial charge in [0.15, 0.2) is 15.9 Å². The van der Waals surface area contributed by atoms with E-state index in [1.807, 2.05) is 0 Å². The minimum absolute atomic E-state index is 0.148. The van der Waals surface area contributed by atoms with Gasteiger partial charge in [0.25, 0.3) is 0 Å². The number of halogens is 9. The molecule has 0 aliphatic carbocycles. The van der Waals surface area contributed by atoms with Crippen LogP contribution in [0, 0.1) is 10.7 Å². The average molecular weight is 765 g/mol. The zero-order valence-electron chi connectivity index (χ0n) is 11.3. The van der Waals surface area contributed by atoms with Crippen LogP contribution < -0.4 is 4.18 Å². The number of alkyl halides is 6. The van der Waals surface area contributed by atoms with Crippen LogP contribution in [0.3, 0.4) is 0 Å². The molecule has 0 aliphatic rings. The van der Waals surface area contributed by atoms with Gasteiger partial charge in [0, 0.05) is 3.57 Å². The standard InChI is InChI=1S/C9H3F6I3O6S2/c10-7(11,8(12,13)25(19,20)21)9(14,15)26(22,23)24-6-4(17)1-3(16)2-5(6)18/h1-2H,(H,19,20,21)/p-1. The molecule has 0 unspecified atom stereocenters. The second-order valence-electron chi connectivity index (χ2n) is 4.30. The fourth-order valence-electron chi connectivity index (χ4n) is 1.25. The topological polar surface area (TPSA) is 101 Å². The van der Waals surface area contributed by atoms with Gasteiger partial charge in [0.1, 0.15) is 0 Å². The van der Waals surface area contributed by atoms with Crippen LogP contribution in [0.1, 0.15) is 0 Å². The quantitative estimate of drug-likeness (QED) is 0.190. The van der Waals surface area contributed by atoms with Crippen molar-refractivity contribution in [2.75, 3.05) is 0 Å². The van der Waals surface area contributed by atoms with Crippen molar-refractivity contribution in [3.05, 3.63) is 22.8 Å². The summed E-state index contributed by atoms with van der Waals surface area (Å²) in [5, 5.41) is -13.7. The number of hydrogen-bond donors (Lipinski definition) is 0. The van der Waals surface area contributed by atoms with Crippen LogP contribution in [0.4, 0.5) is 26.3 Å². The van der Waals surface area contributed by atoms with E-state index in [0.29, 0.717) is 3.57 Å². The van der Waals surface area contributed by atoms with Crippen molar-refractivity contribution >= 4 is 88.0 Å². The Morgan fingerprint density at radius 1 is 0.846 bits per heavy atom. The molecule has 150 valence electrons. The van der Waals surface area contributed by atoms with Gasteiger partial charge in [0.05, 0.1) is 7.14 Å². The molecule has 0 aliphatic heterocycles. The van der Waals surface area contributed by atoms with Gasteiger partial charge in [-0.1, -0.05) is 0 Å². The molecule has 0 heterocycles. The molecule has 6 nitrogen and oxygen atoms in total. The van der Waals surface area contributed by atoms with Crippen LogP contribution in [0.25, 0.3) is 0 Å². The van der Waals surface area contributed by atoms with Crippen molar-refractivity contribution in [2.24, 2.45) is 0 Å². The molecular formula is C9H2F6I3O6S2-. The summed E-state index contributed by atoms with van der Waals surface area (Å²) in [6, 6.07) is 2.39. The van der Waals surface area contributed by atoms with Crippen LogP contribution in [0.5, 0.6) is 5.75 Å². The van der Waals surface area contributed by atoms with E-state index >= 15 is 0 Å². The lowest BCUT2D eigenvalue weighted by atomic mass is 10.3. The SMILES string of the molecule is O=S(=O)([O-])C(F)(F)C(F)(F)C(F)(F)S(=O)(=O)Oc1c(I)cc(I)cc1I. The maximum Gasteiger partial charge on any atom is 0.450 e. The molecule has 0 aromatic heterocycles. The summed E-state index contributed by atoms with van der Waals surface area (Å²) in [5.41, 5.74) is 0. The molecular weight excluding hydrogens is 763 g/mol. The average Bonchev–Trinajstić information content (AvgIpc) is 2.40. The second kappa shape index (κ2) is 7.48. The summed E-state index contributed by atoms with van der Waals surface area (Å²) in [4.78, 5) is 0. The highest BCUT2D eigenvalue weighted by Gasteiger charge is 2.81. The highest BCUT2D eigenvalue weighted by molar-refractivity contribution is 14.1. The monoisotopic (exact) mass is 765 g/mol. The Kier molecular flexibility index (Phi) is 7.10. The third kappa shape index (κ3) is 4.15. The Balaban J connectivity index is 3.52. The van der Waals surface area contributed by atoms with Crippen molar-refractivity contribution in [3.8, 4) is 5.75 Å². The van der Waals surface area contributed by atoms with Gasteiger partial charge >= 0.3 is 26.5 Å². The summed E-state index contributed by atoms with van der Waals surface area (Å²) in [5.74, 6) is -7.98. The molecule has 0 N–H and O–H groups in total. The Morgan fingerprint density at radius 3 is 1.58 bits per heavy atom. The molecule has 0 saturated carbocycles. The van der Waals surface area contributed by atoms with Crippen molar-refractivity contribution in [1.29, 1.82) is 0 Å². The number of rotatable bonds is 6. The van der Waals surface area contributed by atoms with Crippen LogP contribution in [-0.2, 0) is 20.2 Å². The molecule has 0 spiro atoms. The molecule has 0 radical (unpaired) electrons. The third-order valence-corrected chi connectivity index (χ3v) is 6.90. The van der Waals surface area contributed by atoms with Crippen molar-refractivity contribution in [3.63, 3.8) is 0 Å². The zero-order chi connectivity index (χ0) is 20.9. The Morgan fingerprint density at radius 2 is 1.23 bits per heavy atom. The molecule has 0 amide bonds. The predicted molar refractivity (Wildman–Crippen MR) is 98.7 cm³/mol. The zero-order valence-corrected chi connectivity index (χ0v) is 19.4. The van der Waals surface area contributed by atoms with Crippen LogP contribution in [0.15, 0.2) is 12.1 Å². The first-order valence-corrected chi connectivity index (χ1v) is 11.5. The minimum atomic E-state index is -7.34. The van der Waals surface area contributed by atoms with E-state index in [2.05, 4.69) is 4.18 Å². The normalized spacial score (nSPS) is 14.4. The maximum atomic E-state index is 13.7. The lowest BCUT2D eigenvalue weighted by molar-refractivity contribution is -0.247. The van der Waals surface area contributed by atoms with Gasteiger partial charge < -0.3 is 8.74 Å². The van der Waals surface area contributed by atoms with Crippen LogP contribution in [0.2, 0.25) is 0 Å². The minimum Gasteiger partial charge on any atom is -0.743 e. The molecule has 0 fully saturated rings. The van der Waals surface area contributed by atoms with Gasteiger partial charge in [-0.2, -0.15) is 34.8 Å². The van der Waals surface area contributed by atoms with E-state index in [0.717, 1.165) is 0 Å². The number of benzene rings is 1. The Hall–Kier alpha value is 0.650. The maximum absolute atomic E-state index is 13.7. The largest absolute Gasteiger partial charge is 0.743 e. The molecule has 0 atom stereocenters. The fraction of sp³-hybridized carbons (Fsp3) is 0.333. The van der Waals surface area contributed by atoms with E-state index < -0.39 is 42.4 Å². The van der Waals surface area contributed by atoms with Crippen molar-refractivity contribution in [2.45, 2.75) is 16.4 Å². The highest BCUT2D eigenvalue weighted by Crippen LogP contribution is 2.51.